The summed E-state index contributed by atoms with van der Waals surface area (Å²) in [4.78, 5) is 3.82. The Kier molecular flexibility index (Phi) is 3.92. The van der Waals surface area contributed by atoms with Gasteiger partial charge in [-0.05, 0) is 37.0 Å². The molecule has 2 aromatic rings. The highest BCUT2D eigenvalue weighted by Crippen LogP contribution is 2.19. The Balaban J connectivity index is 1.64. The molecule has 0 amide bonds. The molecule has 0 aliphatic carbocycles. The smallest absolute Gasteiger partial charge is 0.150 e. The van der Waals surface area contributed by atoms with Gasteiger partial charge in [-0.2, -0.15) is 5.10 Å². The fourth-order valence-electron chi connectivity index (χ4n) is 2.37. The maximum Gasteiger partial charge on any atom is 0.150 e. The molecule has 0 spiro atoms. The number of hydrogen-bond donors (Lipinski definition) is 1. The van der Waals surface area contributed by atoms with Crippen LogP contribution in [-0.2, 0) is 4.74 Å². The molecule has 1 atom stereocenters. The fraction of sp³-hybridized carbons (Fsp3) is 0.429. The van der Waals surface area contributed by atoms with E-state index >= 15 is 0 Å². The summed E-state index contributed by atoms with van der Waals surface area (Å²) >= 11 is 0. The first kappa shape index (κ1) is 13.1. The zero-order valence-corrected chi connectivity index (χ0v) is 11.1. The molecular formula is C14H17FN4O. The van der Waals surface area contributed by atoms with E-state index in [9.17, 15) is 4.39 Å². The number of nitrogens with zero attached hydrogens (tertiary/aromatic N) is 3. The molecule has 6 heteroatoms. The summed E-state index contributed by atoms with van der Waals surface area (Å²) < 4.78 is 20.9. The maximum absolute atomic E-state index is 14.0. The molecule has 0 bridgehead atoms. The molecule has 1 unspecified atom stereocenters. The van der Waals surface area contributed by atoms with E-state index in [0.717, 1.165) is 38.3 Å². The summed E-state index contributed by atoms with van der Waals surface area (Å²) in [5.41, 5.74) is 1.17. The second kappa shape index (κ2) is 6.00. The summed E-state index contributed by atoms with van der Waals surface area (Å²) in [6.45, 7) is 2.45. The molecule has 1 fully saturated rings. The first-order chi connectivity index (χ1) is 9.83. The second-order valence-corrected chi connectivity index (χ2v) is 4.97. The number of nitrogens with one attached hydrogen (secondary N) is 1. The Morgan fingerprint density at radius 3 is 3.10 bits per heavy atom. The van der Waals surface area contributed by atoms with Crippen LogP contribution in [0.4, 0.5) is 10.1 Å². The normalized spacial score (nSPS) is 18.9. The van der Waals surface area contributed by atoms with Gasteiger partial charge in [0, 0.05) is 18.8 Å². The van der Waals surface area contributed by atoms with Gasteiger partial charge in [0.25, 0.3) is 0 Å². The molecule has 1 aliphatic heterocycles. The van der Waals surface area contributed by atoms with E-state index in [1.165, 1.54) is 23.4 Å². The summed E-state index contributed by atoms with van der Waals surface area (Å²) in [6.07, 6.45) is 5.12. The molecule has 3 rings (SSSR count). The highest BCUT2D eigenvalue weighted by molar-refractivity contribution is 5.49. The predicted molar refractivity (Wildman–Crippen MR) is 73.3 cm³/mol. The SMILES string of the molecule is Fc1cc(NCC2CCCOC2)ccc1-n1cncn1. The van der Waals surface area contributed by atoms with Gasteiger partial charge in [0.2, 0.25) is 0 Å². The molecule has 0 radical (unpaired) electrons. The number of halogens is 1. The van der Waals surface area contributed by atoms with Gasteiger partial charge in [-0.3, -0.25) is 0 Å². The minimum Gasteiger partial charge on any atom is -0.385 e. The molecule has 1 N–H and O–H groups in total. The van der Waals surface area contributed by atoms with Crippen molar-refractivity contribution in [3.63, 3.8) is 0 Å². The summed E-state index contributed by atoms with van der Waals surface area (Å²) in [7, 11) is 0. The lowest BCUT2D eigenvalue weighted by molar-refractivity contribution is 0.0595. The van der Waals surface area contributed by atoms with Crippen LogP contribution in [0, 0.1) is 11.7 Å². The van der Waals surface area contributed by atoms with Crippen molar-refractivity contribution in [3.05, 3.63) is 36.7 Å². The van der Waals surface area contributed by atoms with Gasteiger partial charge in [-0.25, -0.2) is 14.1 Å². The lowest BCUT2D eigenvalue weighted by Gasteiger charge is -2.22. The topological polar surface area (TPSA) is 52.0 Å². The van der Waals surface area contributed by atoms with Crippen molar-refractivity contribution in [2.75, 3.05) is 25.1 Å². The van der Waals surface area contributed by atoms with E-state index in [1.807, 2.05) is 6.07 Å². The van der Waals surface area contributed by atoms with Crippen LogP contribution in [0.2, 0.25) is 0 Å². The fourth-order valence-corrected chi connectivity index (χ4v) is 2.37. The highest BCUT2D eigenvalue weighted by atomic mass is 19.1. The third-order valence-electron chi connectivity index (χ3n) is 3.46. The zero-order chi connectivity index (χ0) is 13.8. The van der Waals surface area contributed by atoms with E-state index in [4.69, 9.17) is 4.74 Å². The van der Waals surface area contributed by atoms with Crippen LogP contribution >= 0.6 is 0 Å². The Morgan fingerprint density at radius 1 is 1.45 bits per heavy atom. The molecule has 0 saturated carbocycles. The lowest BCUT2D eigenvalue weighted by atomic mass is 10.0. The maximum atomic E-state index is 14.0. The monoisotopic (exact) mass is 276 g/mol. The van der Waals surface area contributed by atoms with Crippen LogP contribution < -0.4 is 5.32 Å². The second-order valence-electron chi connectivity index (χ2n) is 4.97. The Bertz CT molecular complexity index is 552. The van der Waals surface area contributed by atoms with Crippen LogP contribution in [-0.4, -0.2) is 34.5 Å². The predicted octanol–water partition coefficient (Wildman–Crippen LogP) is 2.24. The van der Waals surface area contributed by atoms with Gasteiger partial charge in [0.1, 0.15) is 18.3 Å². The average Bonchev–Trinajstić information content (AvgIpc) is 3.00. The molecule has 20 heavy (non-hydrogen) atoms. The number of anilines is 1. The van der Waals surface area contributed by atoms with Gasteiger partial charge >= 0.3 is 0 Å². The van der Waals surface area contributed by atoms with Crippen molar-refractivity contribution in [2.24, 2.45) is 5.92 Å². The van der Waals surface area contributed by atoms with E-state index in [-0.39, 0.29) is 5.82 Å². The number of aromatic nitrogens is 3. The number of hydrogen-bond acceptors (Lipinski definition) is 4. The molecular weight excluding hydrogens is 259 g/mol. The van der Waals surface area contributed by atoms with Crippen molar-refractivity contribution in [1.29, 1.82) is 0 Å². The minimum atomic E-state index is -0.319. The summed E-state index contributed by atoms with van der Waals surface area (Å²) in [5, 5.41) is 7.19. The first-order valence-corrected chi connectivity index (χ1v) is 6.79. The van der Waals surface area contributed by atoms with E-state index in [2.05, 4.69) is 15.4 Å². The third kappa shape index (κ3) is 2.96. The van der Waals surface area contributed by atoms with E-state index < -0.39 is 0 Å². The van der Waals surface area contributed by atoms with Gasteiger partial charge in [0.05, 0.1) is 6.61 Å². The van der Waals surface area contributed by atoms with Crippen molar-refractivity contribution in [2.45, 2.75) is 12.8 Å². The van der Waals surface area contributed by atoms with Gasteiger partial charge in [-0.15, -0.1) is 0 Å². The Hall–Kier alpha value is -1.95. The molecule has 2 heterocycles. The van der Waals surface area contributed by atoms with Crippen molar-refractivity contribution in [1.82, 2.24) is 14.8 Å². The molecule has 1 aromatic heterocycles. The first-order valence-electron chi connectivity index (χ1n) is 6.79. The van der Waals surface area contributed by atoms with E-state index in [0.29, 0.717) is 11.6 Å². The number of rotatable bonds is 4. The van der Waals surface area contributed by atoms with Crippen LogP contribution in [0.15, 0.2) is 30.9 Å². The van der Waals surface area contributed by atoms with E-state index in [1.54, 1.807) is 6.07 Å². The lowest BCUT2D eigenvalue weighted by Crippen LogP contribution is -2.24. The zero-order valence-electron chi connectivity index (χ0n) is 11.1. The number of benzene rings is 1. The van der Waals surface area contributed by atoms with Crippen LogP contribution in [0.3, 0.4) is 0 Å². The Morgan fingerprint density at radius 2 is 2.40 bits per heavy atom. The van der Waals surface area contributed by atoms with Crippen LogP contribution in [0.1, 0.15) is 12.8 Å². The Labute approximate surface area is 116 Å². The third-order valence-corrected chi connectivity index (χ3v) is 3.46. The quantitative estimate of drug-likeness (QED) is 0.930. The average molecular weight is 276 g/mol. The molecule has 1 aliphatic rings. The summed E-state index contributed by atoms with van der Waals surface area (Å²) in [6, 6.07) is 5.04. The molecule has 5 nitrogen and oxygen atoms in total. The summed E-state index contributed by atoms with van der Waals surface area (Å²) in [5.74, 6) is 0.183. The van der Waals surface area contributed by atoms with Crippen molar-refractivity contribution >= 4 is 5.69 Å². The van der Waals surface area contributed by atoms with Gasteiger partial charge in [-0.1, -0.05) is 0 Å². The molecule has 1 aromatic carbocycles. The highest BCUT2D eigenvalue weighted by Gasteiger charge is 2.14. The molecule has 106 valence electrons. The van der Waals surface area contributed by atoms with Gasteiger partial charge in [0.15, 0.2) is 5.82 Å². The minimum absolute atomic E-state index is 0.319. The van der Waals surface area contributed by atoms with Crippen molar-refractivity contribution in [3.8, 4) is 5.69 Å². The van der Waals surface area contributed by atoms with Crippen LogP contribution in [0.25, 0.3) is 5.69 Å². The van der Waals surface area contributed by atoms with Gasteiger partial charge < -0.3 is 10.1 Å². The standard InChI is InChI=1S/C14H17FN4O/c15-13-6-12(17-7-11-2-1-5-20-8-11)3-4-14(13)19-10-16-9-18-19/h3-4,6,9-11,17H,1-2,5,7-8H2. The molecule has 1 saturated heterocycles. The number of ether oxygens (including phenoxy) is 1. The van der Waals surface area contributed by atoms with Crippen molar-refractivity contribution < 1.29 is 9.13 Å². The van der Waals surface area contributed by atoms with Crippen LogP contribution in [0.5, 0.6) is 0 Å². The largest absolute Gasteiger partial charge is 0.385 e.